The minimum absolute atomic E-state index is 0.714. The summed E-state index contributed by atoms with van der Waals surface area (Å²) in [7, 11) is 0. The largest absolute Gasteiger partial charge is 0.378 e. The topological polar surface area (TPSA) is 19.0 Å². The lowest BCUT2D eigenvalue weighted by atomic mass is 9.90. The predicted molar refractivity (Wildman–Crippen MR) is 91.3 cm³/mol. The number of likely N-dealkylation sites (tertiary alicyclic amines) is 1. The average molecular weight is 309 g/mol. The summed E-state index contributed by atoms with van der Waals surface area (Å²) in [6.45, 7) is 16.7. The molecule has 3 heterocycles. The van der Waals surface area contributed by atoms with Crippen molar-refractivity contribution in [1.29, 1.82) is 0 Å². The van der Waals surface area contributed by atoms with Crippen molar-refractivity contribution in [3.05, 3.63) is 0 Å². The third-order valence-corrected chi connectivity index (χ3v) is 6.06. The molecular weight excluding hydrogens is 274 g/mol. The Kier molecular flexibility index (Phi) is 5.77. The molecule has 4 heteroatoms. The molecule has 0 amide bonds. The van der Waals surface area contributed by atoms with Crippen LogP contribution in [-0.4, -0.2) is 85.3 Å². The van der Waals surface area contributed by atoms with Gasteiger partial charge in [-0.15, -0.1) is 0 Å². The third kappa shape index (κ3) is 4.02. The Balaban J connectivity index is 1.41. The lowest BCUT2D eigenvalue weighted by Crippen LogP contribution is -2.58. The van der Waals surface area contributed by atoms with E-state index < -0.39 is 0 Å². The highest BCUT2D eigenvalue weighted by atomic mass is 16.5. The maximum Gasteiger partial charge on any atom is 0.0645 e. The summed E-state index contributed by atoms with van der Waals surface area (Å²) in [5.41, 5.74) is 0. The van der Waals surface area contributed by atoms with Crippen LogP contribution in [0.25, 0.3) is 0 Å². The molecule has 0 bridgehead atoms. The molecule has 128 valence electrons. The molecule has 3 rings (SSSR count). The Bertz CT molecular complexity index is 337. The first kappa shape index (κ1) is 16.7. The van der Waals surface area contributed by atoms with Crippen molar-refractivity contribution in [2.75, 3.05) is 52.5 Å². The highest BCUT2D eigenvalue weighted by molar-refractivity contribution is 4.85. The maximum atomic E-state index is 5.33. The highest BCUT2D eigenvalue weighted by Gasteiger charge is 2.31. The van der Waals surface area contributed by atoms with Crippen LogP contribution < -0.4 is 0 Å². The van der Waals surface area contributed by atoms with Gasteiger partial charge < -0.3 is 9.64 Å². The van der Waals surface area contributed by atoms with E-state index in [1.165, 1.54) is 58.5 Å². The Labute approximate surface area is 136 Å². The lowest BCUT2D eigenvalue weighted by molar-refractivity contribution is -0.0800. The number of rotatable bonds is 5. The van der Waals surface area contributed by atoms with Crippen LogP contribution in [0.4, 0.5) is 0 Å². The first-order valence-electron chi connectivity index (χ1n) is 9.43. The minimum atomic E-state index is 0.714. The fourth-order valence-corrected chi connectivity index (χ4v) is 4.37. The molecule has 0 aromatic heterocycles. The number of ether oxygens (including phenoxy) is 1. The van der Waals surface area contributed by atoms with Crippen LogP contribution in [0.1, 0.15) is 40.0 Å². The van der Waals surface area contributed by atoms with E-state index in [2.05, 4.69) is 35.5 Å². The Morgan fingerprint density at radius 2 is 1.68 bits per heavy atom. The minimum Gasteiger partial charge on any atom is -0.378 e. The first-order valence-corrected chi connectivity index (χ1v) is 9.43. The molecule has 3 fully saturated rings. The molecule has 4 nitrogen and oxygen atoms in total. The number of piperazine rings is 1. The molecule has 2 unspecified atom stereocenters. The molecule has 3 saturated heterocycles. The fourth-order valence-electron chi connectivity index (χ4n) is 4.37. The van der Waals surface area contributed by atoms with Gasteiger partial charge in [-0.1, -0.05) is 0 Å². The van der Waals surface area contributed by atoms with Gasteiger partial charge >= 0.3 is 0 Å². The summed E-state index contributed by atoms with van der Waals surface area (Å²) in [4.78, 5) is 8.04. The zero-order valence-corrected chi connectivity index (χ0v) is 14.8. The second-order valence-electron chi connectivity index (χ2n) is 7.94. The third-order valence-electron chi connectivity index (χ3n) is 6.06. The van der Waals surface area contributed by atoms with Crippen LogP contribution in [0.5, 0.6) is 0 Å². The van der Waals surface area contributed by atoms with E-state index in [4.69, 9.17) is 4.74 Å². The van der Waals surface area contributed by atoms with E-state index >= 15 is 0 Å². The van der Waals surface area contributed by atoms with E-state index in [1.54, 1.807) is 0 Å². The highest BCUT2D eigenvalue weighted by Crippen LogP contribution is 2.25. The van der Waals surface area contributed by atoms with E-state index in [9.17, 15) is 0 Å². The van der Waals surface area contributed by atoms with Gasteiger partial charge in [0.2, 0.25) is 0 Å². The molecule has 0 N–H and O–H groups in total. The van der Waals surface area contributed by atoms with E-state index in [1.807, 2.05) is 0 Å². The quantitative estimate of drug-likeness (QED) is 0.772. The second-order valence-corrected chi connectivity index (χ2v) is 7.94. The van der Waals surface area contributed by atoms with Crippen LogP contribution in [-0.2, 0) is 4.74 Å². The summed E-state index contributed by atoms with van der Waals surface area (Å²) >= 11 is 0. The van der Waals surface area contributed by atoms with Crippen molar-refractivity contribution in [3.8, 4) is 0 Å². The van der Waals surface area contributed by atoms with E-state index in [0.29, 0.717) is 6.04 Å². The number of hydrogen-bond donors (Lipinski definition) is 0. The average Bonchev–Trinajstić information content (AvgIpc) is 2.46. The molecule has 0 aromatic carbocycles. The molecule has 0 spiro atoms. The SMILES string of the molecule is CC(C)N1CCCC(CC(C)N2CCN(C3COC3)CC2)C1. The Hall–Kier alpha value is -0.160. The van der Waals surface area contributed by atoms with Gasteiger partial charge in [-0.25, -0.2) is 0 Å². The number of nitrogens with zero attached hydrogens (tertiary/aromatic N) is 3. The van der Waals surface area contributed by atoms with Crippen LogP contribution >= 0.6 is 0 Å². The molecular formula is C18H35N3O. The number of piperidine rings is 1. The van der Waals surface area contributed by atoms with Gasteiger partial charge in [0.15, 0.2) is 0 Å². The van der Waals surface area contributed by atoms with Crippen molar-refractivity contribution in [2.45, 2.75) is 58.2 Å². The van der Waals surface area contributed by atoms with Gasteiger partial charge in [-0.05, 0) is 52.5 Å². The first-order chi connectivity index (χ1) is 10.6. The fraction of sp³-hybridized carbons (Fsp3) is 1.00. The number of hydrogen-bond acceptors (Lipinski definition) is 4. The van der Waals surface area contributed by atoms with Crippen molar-refractivity contribution < 1.29 is 4.74 Å². The summed E-state index contributed by atoms with van der Waals surface area (Å²) in [6, 6.07) is 2.18. The van der Waals surface area contributed by atoms with Gasteiger partial charge in [0.1, 0.15) is 0 Å². The Morgan fingerprint density at radius 3 is 2.27 bits per heavy atom. The summed E-state index contributed by atoms with van der Waals surface area (Å²) < 4.78 is 5.33. The lowest BCUT2D eigenvalue weighted by Gasteiger charge is -2.45. The molecule has 0 radical (unpaired) electrons. The zero-order chi connectivity index (χ0) is 15.5. The van der Waals surface area contributed by atoms with Crippen molar-refractivity contribution in [3.63, 3.8) is 0 Å². The summed E-state index contributed by atoms with van der Waals surface area (Å²) in [5, 5.41) is 0. The summed E-state index contributed by atoms with van der Waals surface area (Å²) in [5.74, 6) is 0.907. The molecule has 0 saturated carbocycles. The van der Waals surface area contributed by atoms with Gasteiger partial charge in [-0.3, -0.25) is 9.80 Å². The molecule has 0 aromatic rings. The van der Waals surface area contributed by atoms with Gasteiger partial charge in [-0.2, -0.15) is 0 Å². The van der Waals surface area contributed by atoms with Crippen molar-refractivity contribution in [1.82, 2.24) is 14.7 Å². The molecule has 3 aliphatic heterocycles. The normalized spacial score (nSPS) is 31.4. The van der Waals surface area contributed by atoms with Gasteiger partial charge in [0.05, 0.1) is 19.3 Å². The standard InChI is InChI=1S/C18H35N3O/c1-15(2)21-6-4-5-17(12-21)11-16(3)19-7-9-20(10-8-19)18-13-22-14-18/h15-18H,4-14H2,1-3H3. The molecule has 3 aliphatic rings. The van der Waals surface area contributed by atoms with Crippen molar-refractivity contribution in [2.24, 2.45) is 5.92 Å². The predicted octanol–water partition coefficient (Wildman–Crippen LogP) is 1.90. The monoisotopic (exact) mass is 309 g/mol. The zero-order valence-electron chi connectivity index (χ0n) is 14.8. The van der Waals surface area contributed by atoms with E-state index in [0.717, 1.165) is 31.2 Å². The van der Waals surface area contributed by atoms with E-state index in [-0.39, 0.29) is 0 Å². The summed E-state index contributed by atoms with van der Waals surface area (Å²) in [6.07, 6.45) is 4.22. The van der Waals surface area contributed by atoms with Gasteiger partial charge in [0, 0.05) is 44.8 Å². The van der Waals surface area contributed by atoms with Crippen LogP contribution in [0.15, 0.2) is 0 Å². The van der Waals surface area contributed by atoms with Crippen LogP contribution in [0.3, 0.4) is 0 Å². The van der Waals surface area contributed by atoms with Crippen LogP contribution in [0, 0.1) is 5.92 Å². The van der Waals surface area contributed by atoms with Crippen LogP contribution in [0.2, 0.25) is 0 Å². The smallest absolute Gasteiger partial charge is 0.0645 e. The van der Waals surface area contributed by atoms with Gasteiger partial charge in [0.25, 0.3) is 0 Å². The molecule has 0 aliphatic carbocycles. The second kappa shape index (κ2) is 7.61. The Morgan fingerprint density at radius 1 is 0.955 bits per heavy atom. The maximum absolute atomic E-state index is 5.33. The van der Waals surface area contributed by atoms with Crippen molar-refractivity contribution >= 4 is 0 Å². The molecule has 22 heavy (non-hydrogen) atoms. The molecule has 2 atom stereocenters.